The van der Waals surface area contributed by atoms with E-state index in [0.717, 1.165) is 0 Å². The third-order valence-corrected chi connectivity index (χ3v) is 3.56. The lowest BCUT2D eigenvalue weighted by Gasteiger charge is -2.03. The van der Waals surface area contributed by atoms with E-state index < -0.39 is 4.92 Å². The molecule has 0 N–H and O–H groups in total. The Hall–Kier alpha value is -3.62. The maximum Gasteiger partial charge on any atom is 0.274 e. The molecule has 0 aliphatic heterocycles. The van der Waals surface area contributed by atoms with Crippen LogP contribution in [0.15, 0.2) is 53.4 Å². The molecule has 0 spiro atoms. The van der Waals surface area contributed by atoms with Gasteiger partial charge in [-0.25, -0.2) is 14.6 Å². The number of hydrogen-bond donors (Lipinski definition) is 0. The standard InChI is InChI=1S/C15H10N6O3/c22-21(23)11-5-2-1-4-10(11)8-20-15-14(18-19-20)13(16-9-17-15)12-6-3-7-24-12/h1-7,9H,8H2. The van der Waals surface area contributed by atoms with E-state index >= 15 is 0 Å². The molecule has 0 saturated heterocycles. The molecular weight excluding hydrogens is 312 g/mol. The minimum Gasteiger partial charge on any atom is -0.463 e. The van der Waals surface area contributed by atoms with Crippen molar-refractivity contribution in [3.63, 3.8) is 0 Å². The molecule has 0 amide bonds. The number of benzene rings is 1. The van der Waals surface area contributed by atoms with Gasteiger partial charge in [0.15, 0.2) is 16.9 Å². The highest BCUT2D eigenvalue weighted by Gasteiger charge is 2.18. The maximum absolute atomic E-state index is 11.1. The number of aromatic nitrogens is 5. The predicted molar refractivity (Wildman–Crippen MR) is 83.0 cm³/mol. The number of furan rings is 1. The maximum atomic E-state index is 11.1. The molecule has 4 rings (SSSR count). The monoisotopic (exact) mass is 322 g/mol. The summed E-state index contributed by atoms with van der Waals surface area (Å²) in [5.41, 5.74) is 2.04. The molecule has 1 aromatic carbocycles. The van der Waals surface area contributed by atoms with Crippen LogP contribution in [0.2, 0.25) is 0 Å². The Balaban J connectivity index is 1.80. The van der Waals surface area contributed by atoms with Crippen LogP contribution in [0, 0.1) is 10.1 Å². The van der Waals surface area contributed by atoms with Gasteiger partial charge in [-0.15, -0.1) is 5.10 Å². The Bertz CT molecular complexity index is 1020. The largest absolute Gasteiger partial charge is 0.463 e. The van der Waals surface area contributed by atoms with Crippen LogP contribution in [-0.4, -0.2) is 29.9 Å². The highest BCUT2D eigenvalue weighted by molar-refractivity contribution is 5.84. The van der Waals surface area contributed by atoms with Crippen molar-refractivity contribution in [1.29, 1.82) is 0 Å². The first-order valence-corrected chi connectivity index (χ1v) is 7.04. The molecule has 9 nitrogen and oxygen atoms in total. The van der Waals surface area contributed by atoms with Gasteiger partial charge in [-0.3, -0.25) is 10.1 Å². The summed E-state index contributed by atoms with van der Waals surface area (Å²) in [4.78, 5) is 19.1. The molecule has 0 aliphatic rings. The Morgan fingerprint density at radius 3 is 2.83 bits per heavy atom. The smallest absolute Gasteiger partial charge is 0.274 e. The Morgan fingerprint density at radius 2 is 2.04 bits per heavy atom. The first kappa shape index (κ1) is 14.0. The lowest BCUT2D eigenvalue weighted by Crippen LogP contribution is -2.05. The average molecular weight is 322 g/mol. The molecule has 0 saturated carbocycles. The molecule has 0 radical (unpaired) electrons. The quantitative estimate of drug-likeness (QED) is 0.419. The molecule has 4 aromatic rings. The molecule has 118 valence electrons. The average Bonchev–Trinajstić information content (AvgIpc) is 3.25. The highest BCUT2D eigenvalue weighted by atomic mass is 16.6. The van der Waals surface area contributed by atoms with Gasteiger partial charge < -0.3 is 4.42 Å². The lowest BCUT2D eigenvalue weighted by molar-refractivity contribution is -0.385. The second-order valence-electron chi connectivity index (χ2n) is 5.00. The fourth-order valence-corrected chi connectivity index (χ4v) is 2.48. The number of nitrogens with zero attached hydrogens (tertiary/aromatic N) is 6. The summed E-state index contributed by atoms with van der Waals surface area (Å²) >= 11 is 0. The van der Waals surface area contributed by atoms with E-state index in [4.69, 9.17) is 4.42 Å². The summed E-state index contributed by atoms with van der Waals surface area (Å²) in [6.07, 6.45) is 2.93. The fourth-order valence-electron chi connectivity index (χ4n) is 2.48. The predicted octanol–water partition coefficient (Wildman–Crippen LogP) is 2.44. The number of fused-ring (bicyclic) bond motifs is 1. The van der Waals surface area contributed by atoms with Crippen molar-refractivity contribution < 1.29 is 9.34 Å². The van der Waals surface area contributed by atoms with Crippen LogP contribution < -0.4 is 0 Å². The molecule has 24 heavy (non-hydrogen) atoms. The number of para-hydroxylation sites is 1. The zero-order valence-corrected chi connectivity index (χ0v) is 12.2. The molecule has 0 bridgehead atoms. The second-order valence-corrected chi connectivity index (χ2v) is 5.00. The van der Waals surface area contributed by atoms with Gasteiger partial charge in [0.05, 0.1) is 23.3 Å². The zero-order chi connectivity index (χ0) is 16.5. The van der Waals surface area contributed by atoms with Crippen molar-refractivity contribution in [3.8, 4) is 11.5 Å². The molecule has 0 atom stereocenters. The van der Waals surface area contributed by atoms with Gasteiger partial charge in [0.2, 0.25) is 0 Å². The SMILES string of the molecule is O=[N+]([O-])c1ccccc1Cn1nnc2c(-c3ccco3)ncnc21. The van der Waals surface area contributed by atoms with Gasteiger partial charge in [0.25, 0.3) is 5.69 Å². The van der Waals surface area contributed by atoms with E-state index in [2.05, 4.69) is 20.3 Å². The fraction of sp³-hybridized carbons (Fsp3) is 0.0667. The molecule has 0 unspecified atom stereocenters. The number of rotatable bonds is 4. The summed E-state index contributed by atoms with van der Waals surface area (Å²) in [6.45, 7) is 0.183. The van der Waals surface area contributed by atoms with Gasteiger partial charge >= 0.3 is 0 Å². The van der Waals surface area contributed by atoms with Crippen LogP contribution in [0.3, 0.4) is 0 Å². The van der Waals surface area contributed by atoms with Gasteiger partial charge in [-0.2, -0.15) is 0 Å². The van der Waals surface area contributed by atoms with Gasteiger partial charge in [0.1, 0.15) is 12.0 Å². The van der Waals surface area contributed by atoms with Crippen molar-refractivity contribution in [2.24, 2.45) is 0 Å². The van der Waals surface area contributed by atoms with Crippen molar-refractivity contribution >= 4 is 16.9 Å². The van der Waals surface area contributed by atoms with Crippen molar-refractivity contribution in [2.75, 3.05) is 0 Å². The third-order valence-electron chi connectivity index (χ3n) is 3.56. The Morgan fingerprint density at radius 1 is 1.17 bits per heavy atom. The summed E-state index contributed by atoms with van der Waals surface area (Å²) < 4.78 is 6.85. The van der Waals surface area contributed by atoms with E-state index in [1.54, 1.807) is 36.6 Å². The van der Waals surface area contributed by atoms with E-state index in [-0.39, 0.29) is 12.2 Å². The van der Waals surface area contributed by atoms with E-state index in [0.29, 0.717) is 28.2 Å². The normalized spacial score (nSPS) is 11.0. The zero-order valence-electron chi connectivity index (χ0n) is 12.2. The lowest BCUT2D eigenvalue weighted by atomic mass is 10.2. The Labute approximate surface area is 134 Å². The van der Waals surface area contributed by atoms with Crippen LogP contribution in [-0.2, 0) is 6.54 Å². The van der Waals surface area contributed by atoms with Crippen molar-refractivity contribution in [1.82, 2.24) is 25.0 Å². The molecule has 3 aromatic heterocycles. The van der Waals surface area contributed by atoms with Gasteiger partial charge in [-0.1, -0.05) is 23.4 Å². The number of nitro benzene ring substituents is 1. The number of nitro groups is 1. The van der Waals surface area contributed by atoms with Crippen molar-refractivity contribution in [2.45, 2.75) is 6.54 Å². The first-order valence-electron chi connectivity index (χ1n) is 7.04. The minimum atomic E-state index is -0.419. The molecule has 3 heterocycles. The summed E-state index contributed by atoms with van der Waals surface area (Å²) in [6, 6.07) is 10.0. The van der Waals surface area contributed by atoms with Crippen molar-refractivity contribution in [3.05, 3.63) is 64.7 Å². The summed E-state index contributed by atoms with van der Waals surface area (Å²) in [5, 5.41) is 19.3. The third kappa shape index (κ3) is 2.28. The first-order chi connectivity index (χ1) is 11.7. The van der Waals surface area contributed by atoms with E-state index in [1.807, 2.05) is 0 Å². The van der Waals surface area contributed by atoms with Gasteiger partial charge in [-0.05, 0) is 12.1 Å². The minimum absolute atomic E-state index is 0.0291. The molecule has 0 aliphatic carbocycles. The second kappa shape index (κ2) is 5.54. The summed E-state index contributed by atoms with van der Waals surface area (Å²) in [5.74, 6) is 0.556. The number of hydrogen-bond acceptors (Lipinski definition) is 7. The molecular formula is C15H10N6O3. The van der Waals surface area contributed by atoms with Crippen LogP contribution in [0.4, 0.5) is 5.69 Å². The molecule has 0 fully saturated rings. The van der Waals surface area contributed by atoms with E-state index in [9.17, 15) is 10.1 Å². The van der Waals surface area contributed by atoms with Crippen LogP contribution in [0.1, 0.15) is 5.56 Å². The van der Waals surface area contributed by atoms with E-state index in [1.165, 1.54) is 17.1 Å². The highest BCUT2D eigenvalue weighted by Crippen LogP contribution is 2.25. The van der Waals surface area contributed by atoms with Crippen LogP contribution in [0.25, 0.3) is 22.6 Å². The van der Waals surface area contributed by atoms with Gasteiger partial charge in [0, 0.05) is 6.07 Å². The Kier molecular flexibility index (Phi) is 3.23. The van der Waals surface area contributed by atoms with Crippen LogP contribution >= 0.6 is 0 Å². The summed E-state index contributed by atoms with van der Waals surface area (Å²) in [7, 11) is 0. The topological polar surface area (TPSA) is 113 Å². The molecule has 9 heteroatoms. The van der Waals surface area contributed by atoms with Crippen LogP contribution in [0.5, 0.6) is 0 Å².